The maximum atomic E-state index is 11.6. The van der Waals surface area contributed by atoms with Crippen LogP contribution >= 0.6 is 0 Å². The Bertz CT molecular complexity index is 278. The van der Waals surface area contributed by atoms with E-state index < -0.39 is 29.1 Å². The second-order valence-corrected chi connectivity index (χ2v) is 4.62. The molecule has 0 rings (SSSR count). The molecule has 0 saturated heterocycles. The summed E-state index contributed by atoms with van der Waals surface area (Å²) in [7, 11) is 0. The van der Waals surface area contributed by atoms with Crippen molar-refractivity contribution in [2.75, 3.05) is 0 Å². The third kappa shape index (κ3) is 3.57. The summed E-state index contributed by atoms with van der Waals surface area (Å²) in [5.41, 5.74) is -3.05. The standard InChI is InChI=1S/C11H20O5/c1-6-10(3,4)16-9(14)11(5,15)8(13)7(2)12/h7,12,15H,6H2,1-5H3. The van der Waals surface area contributed by atoms with Crippen molar-refractivity contribution in [1.82, 2.24) is 0 Å². The summed E-state index contributed by atoms with van der Waals surface area (Å²) in [6.07, 6.45) is -0.857. The molecule has 0 fully saturated rings. The first kappa shape index (κ1) is 15.1. The van der Waals surface area contributed by atoms with Gasteiger partial charge >= 0.3 is 5.97 Å². The Balaban J connectivity index is 4.79. The summed E-state index contributed by atoms with van der Waals surface area (Å²) in [6, 6.07) is 0. The summed E-state index contributed by atoms with van der Waals surface area (Å²) >= 11 is 0. The molecule has 0 aromatic rings. The molecule has 16 heavy (non-hydrogen) atoms. The van der Waals surface area contributed by atoms with E-state index in [1.165, 1.54) is 6.92 Å². The van der Waals surface area contributed by atoms with Gasteiger partial charge in [-0.25, -0.2) is 4.79 Å². The fourth-order valence-corrected chi connectivity index (χ4v) is 0.930. The topological polar surface area (TPSA) is 83.8 Å². The van der Waals surface area contributed by atoms with Gasteiger partial charge in [-0.15, -0.1) is 0 Å². The zero-order valence-corrected chi connectivity index (χ0v) is 10.4. The number of ketones is 1. The van der Waals surface area contributed by atoms with Gasteiger partial charge in [0.2, 0.25) is 11.4 Å². The van der Waals surface area contributed by atoms with Crippen LogP contribution in [0.15, 0.2) is 0 Å². The van der Waals surface area contributed by atoms with Gasteiger partial charge in [0.05, 0.1) is 0 Å². The monoisotopic (exact) mass is 232 g/mol. The average molecular weight is 232 g/mol. The molecule has 2 atom stereocenters. The van der Waals surface area contributed by atoms with Crippen molar-refractivity contribution in [1.29, 1.82) is 0 Å². The van der Waals surface area contributed by atoms with Crippen LogP contribution in [-0.4, -0.2) is 39.3 Å². The number of aliphatic hydroxyl groups excluding tert-OH is 1. The van der Waals surface area contributed by atoms with Gasteiger partial charge in [0.1, 0.15) is 11.7 Å². The number of ether oxygens (including phenoxy) is 1. The molecule has 0 aliphatic carbocycles. The summed E-state index contributed by atoms with van der Waals surface area (Å²) in [4.78, 5) is 23.0. The maximum Gasteiger partial charge on any atom is 0.346 e. The lowest BCUT2D eigenvalue weighted by Gasteiger charge is -2.29. The number of carbonyl (C=O) groups excluding carboxylic acids is 2. The van der Waals surface area contributed by atoms with Crippen LogP contribution in [0.4, 0.5) is 0 Å². The third-order valence-electron chi connectivity index (χ3n) is 2.48. The molecular weight excluding hydrogens is 212 g/mol. The summed E-state index contributed by atoms with van der Waals surface area (Å²) in [5, 5.41) is 18.7. The zero-order chi connectivity index (χ0) is 13.1. The summed E-state index contributed by atoms with van der Waals surface area (Å²) in [6.45, 7) is 7.38. The Morgan fingerprint density at radius 3 is 2.06 bits per heavy atom. The van der Waals surface area contributed by atoms with E-state index in [0.29, 0.717) is 6.42 Å². The molecule has 2 N–H and O–H groups in total. The van der Waals surface area contributed by atoms with Gasteiger partial charge < -0.3 is 14.9 Å². The van der Waals surface area contributed by atoms with E-state index in [0.717, 1.165) is 6.92 Å². The number of carbonyl (C=O) groups is 2. The fraction of sp³-hybridized carbons (Fsp3) is 0.818. The van der Waals surface area contributed by atoms with Crippen LogP contribution in [0.1, 0.15) is 41.0 Å². The molecule has 0 aromatic heterocycles. The van der Waals surface area contributed by atoms with E-state index in [4.69, 9.17) is 9.84 Å². The Labute approximate surface area is 95.4 Å². The van der Waals surface area contributed by atoms with Crippen LogP contribution in [0.2, 0.25) is 0 Å². The summed E-state index contributed by atoms with van der Waals surface area (Å²) < 4.78 is 5.00. The third-order valence-corrected chi connectivity index (χ3v) is 2.48. The molecule has 2 unspecified atom stereocenters. The molecular formula is C11H20O5. The quantitative estimate of drug-likeness (QED) is 0.530. The van der Waals surface area contributed by atoms with Gasteiger partial charge in [0.15, 0.2) is 0 Å². The minimum absolute atomic E-state index is 0.553. The van der Waals surface area contributed by atoms with Crippen LogP contribution < -0.4 is 0 Å². The Morgan fingerprint density at radius 1 is 1.31 bits per heavy atom. The number of aliphatic hydroxyl groups is 2. The number of Topliss-reactive ketones (excluding diaryl/α,β-unsaturated/α-hetero) is 1. The van der Waals surface area contributed by atoms with Crippen molar-refractivity contribution in [3.05, 3.63) is 0 Å². The highest BCUT2D eigenvalue weighted by Crippen LogP contribution is 2.19. The second kappa shape index (κ2) is 4.93. The molecule has 0 aliphatic heterocycles. The van der Waals surface area contributed by atoms with Gasteiger partial charge in [0, 0.05) is 0 Å². The highest BCUT2D eigenvalue weighted by molar-refractivity contribution is 6.08. The summed E-state index contributed by atoms with van der Waals surface area (Å²) in [5.74, 6) is -2.00. The molecule has 94 valence electrons. The number of hydrogen-bond donors (Lipinski definition) is 2. The Hall–Kier alpha value is -0.940. The van der Waals surface area contributed by atoms with Gasteiger partial charge in [0.25, 0.3) is 0 Å². The Morgan fingerprint density at radius 2 is 1.75 bits per heavy atom. The van der Waals surface area contributed by atoms with E-state index >= 15 is 0 Å². The van der Waals surface area contributed by atoms with E-state index in [-0.39, 0.29) is 0 Å². The first-order valence-corrected chi connectivity index (χ1v) is 5.22. The van der Waals surface area contributed by atoms with Crippen molar-refractivity contribution in [3.63, 3.8) is 0 Å². The first-order valence-electron chi connectivity index (χ1n) is 5.22. The predicted octanol–water partition coefficient (Wildman–Crippen LogP) is 0.419. The second-order valence-electron chi connectivity index (χ2n) is 4.62. The SMILES string of the molecule is CCC(C)(C)OC(=O)C(C)(O)C(=O)C(C)O. The minimum atomic E-state index is -2.30. The van der Waals surface area contributed by atoms with Crippen LogP contribution in [0.25, 0.3) is 0 Å². The lowest BCUT2D eigenvalue weighted by Crippen LogP contribution is -2.51. The highest BCUT2D eigenvalue weighted by Gasteiger charge is 2.44. The van der Waals surface area contributed by atoms with Gasteiger partial charge in [-0.05, 0) is 34.1 Å². The van der Waals surface area contributed by atoms with E-state index in [2.05, 4.69) is 0 Å². The van der Waals surface area contributed by atoms with Crippen molar-refractivity contribution < 1.29 is 24.5 Å². The molecule has 0 spiro atoms. The lowest BCUT2D eigenvalue weighted by atomic mass is 9.97. The van der Waals surface area contributed by atoms with E-state index in [9.17, 15) is 14.7 Å². The van der Waals surface area contributed by atoms with Crippen LogP contribution in [0, 0.1) is 0 Å². The van der Waals surface area contributed by atoms with Crippen molar-refractivity contribution in [2.45, 2.75) is 58.3 Å². The molecule has 0 aliphatic rings. The molecule has 0 radical (unpaired) electrons. The normalized spacial score (nSPS) is 17.4. The lowest BCUT2D eigenvalue weighted by molar-refractivity contribution is -0.182. The largest absolute Gasteiger partial charge is 0.457 e. The highest BCUT2D eigenvalue weighted by atomic mass is 16.6. The number of rotatable bonds is 5. The molecule has 0 bridgehead atoms. The van der Waals surface area contributed by atoms with Gasteiger partial charge in [-0.1, -0.05) is 6.92 Å². The van der Waals surface area contributed by atoms with Crippen LogP contribution in [0.5, 0.6) is 0 Å². The van der Waals surface area contributed by atoms with Gasteiger partial charge in [-0.3, -0.25) is 4.79 Å². The van der Waals surface area contributed by atoms with Crippen molar-refractivity contribution in [2.24, 2.45) is 0 Å². The molecule has 0 heterocycles. The molecule has 5 heteroatoms. The molecule has 0 saturated carbocycles. The first-order chi connectivity index (χ1) is 7.04. The Kier molecular flexibility index (Phi) is 4.64. The van der Waals surface area contributed by atoms with Gasteiger partial charge in [-0.2, -0.15) is 0 Å². The smallest absolute Gasteiger partial charge is 0.346 e. The minimum Gasteiger partial charge on any atom is -0.457 e. The molecule has 0 aromatic carbocycles. The van der Waals surface area contributed by atoms with Crippen LogP contribution in [0.3, 0.4) is 0 Å². The van der Waals surface area contributed by atoms with Crippen molar-refractivity contribution in [3.8, 4) is 0 Å². The van der Waals surface area contributed by atoms with E-state index in [1.807, 2.05) is 6.92 Å². The molecule has 0 amide bonds. The predicted molar refractivity (Wildman–Crippen MR) is 57.8 cm³/mol. The molecule has 5 nitrogen and oxygen atoms in total. The van der Waals surface area contributed by atoms with Crippen molar-refractivity contribution >= 4 is 11.8 Å². The number of esters is 1. The fourth-order valence-electron chi connectivity index (χ4n) is 0.930. The number of hydrogen-bond acceptors (Lipinski definition) is 5. The van der Waals surface area contributed by atoms with Crippen LogP contribution in [-0.2, 0) is 14.3 Å². The zero-order valence-electron chi connectivity index (χ0n) is 10.4. The average Bonchev–Trinajstić information content (AvgIpc) is 2.15. The maximum absolute atomic E-state index is 11.6. The van der Waals surface area contributed by atoms with E-state index in [1.54, 1.807) is 13.8 Å².